The van der Waals surface area contributed by atoms with Gasteiger partial charge in [0.25, 0.3) is 11.2 Å². The highest BCUT2D eigenvalue weighted by Gasteiger charge is 2.19. The summed E-state index contributed by atoms with van der Waals surface area (Å²) >= 11 is 0. The van der Waals surface area contributed by atoms with Crippen LogP contribution in [-0.2, 0) is 11.3 Å². The maximum atomic E-state index is 11.9. The predicted octanol–water partition coefficient (Wildman–Crippen LogP) is 0.687. The van der Waals surface area contributed by atoms with E-state index >= 15 is 0 Å². The number of hydrogen-bond acceptors (Lipinski definition) is 5. The van der Waals surface area contributed by atoms with Gasteiger partial charge in [0.15, 0.2) is 0 Å². The van der Waals surface area contributed by atoms with Crippen LogP contribution in [0, 0.1) is 21.4 Å². The van der Waals surface area contributed by atoms with E-state index in [1.54, 1.807) is 6.07 Å². The maximum absolute atomic E-state index is 11.9. The minimum atomic E-state index is -0.704. The third-order valence-electron chi connectivity index (χ3n) is 3.44. The Kier molecular flexibility index (Phi) is 4.33. The van der Waals surface area contributed by atoms with E-state index < -0.39 is 10.5 Å². The van der Waals surface area contributed by atoms with E-state index in [1.807, 2.05) is 0 Å². The van der Waals surface area contributed by atoms with Crippen molar-refractivity contribution in [1.29, 1.82) is 5.26 Å². The lowest BCUT2D eigenvalue weighted by atomic mass is 10.2. The van der Waals surface area contributed by atoms with Crippen molar-refractivity contribution >= 4 is 11.6 Å². The number of nitrogens with one attached hydrogen (secondary N) is 1. The van der Waals surface area contributed by atoms with Gasteiger partial charge >= 0.3 is 0 Å². The van der Waals surface area contributed by atoms with E-state index in [4.69, 9.17) is 5.26 Å². The first-order valence-electron chi connectivity index (χ1n) is 6.59. The average Bonchev–Trinajstić information content (AvgIpc) is 2.93. The van der Waals surface area contributed by atoms with Gasteiger partial charge in [0.2, 0.25) is 5.91 Å². The summed E-state index contributed by atoms with van der Waals surface area (Å²) in [6.45, 7) is -0.328. The van der Waals surface area contributed by atoms with Gasteiger partial charge in [-0.2, -0.15) is 5.26 Å². The van der Waals surface area contributed by atoms with Gasteiger partial charge in [0, 0.05) is 12.1 Å². The number of nitro groups is 1. The van der Waals surface area contributed by atoms with Gasteiger partial charge < -0.3 is 5.32 Å². The number of hydrogen-bond donors (Lipinski definition) is 1. The number of nitriles is 1. The third-order valence-corrected chi connectivity index (χ3v) is 3.44. The molecule has 1 fully saturated rings. The summed E-state index contributed by atoms with van der Waals surface area (Å²) in [4.78, 5) is 33.8. The Labute approximate surface area is 120 Å². The van der Waals surface area contributed by atoms with Crippen LogP contribution in [0.4, 0.5) is 5.69 Å². The number of rotatable bonds is 4. The van der Waals surface area contributed by atoms with Crippen molar-refractivity contribution in [3.8, 4) is 6.07 Å². The van der Waals surface area contributed by atoms with Crippen molar-refractivity contribution in [2.24, 2.45) is 0 Å². The lowest BCUT2D eigenvalue weighted by Crippen LogP contribution is -2.37. The van der Waals surface area contributed by atoms with E-state index in [-0.39, 0.29) is 29.7 Å². The molecule has 110 valence electrons. The van der Waals surface area contributed by atoms with Crippen LogP contribution in [0.15, 0.2) is 17.1 Å². The number of pyridine rings is 1. The van der Waals surface area contributed by atoms with Crippen LogP contribution in [-0.4, -0.2) is 21.4 Å². The SMILES string of the molecule is N#Cc1cc([N+](=O)[O-])cn(CC(=O)NC2CCCC2)c1=O. The molecule has 1 N–H and O–H groups in total. The highest BCUT2D eigenvalue weighted by Crippen LogP contribution is 2.17. The number of amides is 1. The van der Waals surface area contributed by atoms with Gasteiger partial charge in [-0.15, -0.1) is 0 Å². The number of carbonyl (C=O) groups excluding carboxylic acids is 1. The Morgan fingerprint density at radius 3 is 2.76 bits per heavy atom. The molecule has 8 heteroatoms. The zero-order valence-electron chi connectivity index (χ0n) is 11.2. The number of carbonyl (C=O) groups is 1. The minimum absolute atomic E-state index is 0.0994. The second kappa shape index (κ2) is 6.17. The highest BCUT2D eigenvalue weighted by molar-refractivity contribution is 5.76. The fraction of sp³-hybridized carbons (Fsp3) is 0.462. The highest BCUT2D eigenvalue weighted by atomic mass is 16.6. The second-order valence-corrected chi connectivity index (χ2v) is 4.96. The molecule has 0 spiro atoms. The van der Waals surface area contributed by atoms with Crippen LogP contribution in [0.2, 0.25) is 0 Å². The monoisotopic (exact) mass is 290 g/mol. The summed E-state index contributed by atoms with van der Waals surface area (Å²) in [5, 5.41) is 22.4. The van der Waals surface area contributed by atoms with E-state index in [2.05, 4.69) is 5.32 Å². The second-order valence-electron chi connectivity index (χ2n) is 4.96. The van der Waals surface area contributed by atoms with Crippen molar-refractivity contribution in [2.45, 2.75) is 38.3 Å². The van der Waals surface area contributed by atoms with Crippen molar-refractivity contribution in [3.63, 3.8) is 0 Å². The van der Waals surface area contributed by atoms with Gasteiger partial charge in [-0.05, 0) is 12.8 Å². The predicted molar refractivity (Wildman–Crippen MR) is 72.5 cm³/mol. The molecule has 0 bridgehead atoms. The molecule has 1 heterocycles. The quantitative estimate of drug-likeness (QED) is 0.646. The molecule has 1 aromatic heterocycles. The van der Waals surface area contributed by atoms with Crippen LogP contribution in [0.1, 0.15) is 31.2 Å². The summed E-state index contributed by atoms with van der Waals surface area (Å²) in [5.41, 5.74) is -1.44. The topological polar surface area (TPSA) is 118 Å². The number of nitrogens with zero attached hydrogens (tertiary/aromatic N) is 3. The van der Waals surface area contributed by atoms with Crippen LogP contribution in [0.25, 0.3) is 0 Å². The van der Waals surface area contributed by atoms with Gasteiger partial charge in [-0.1, -0.05) is 12.8 Å². The molecule has 0 unspecified atom stereocenters. The van der Waals surface area contributed by atoms with E-state index in [0.717, 1.165) is 42.5 Å². The van der Waals surface area contributed by atoms with Gasteiger partial charge in [-0.3, -0.25) is 24.3 Å². The Morgan fingerprint density at radius 1 is 1.52 bits per heavy atom. The fourth-order valence-corrected chi connectivity index (χ4v) is 2.42. The molecule has 1 aliphatic rings. The van der Waals surface area contributed by atoms with E-state index in [9.17, 15) is 19.7 Å². The third kappa shape index (κ3) is 3.45. The molecule has 2 rings (SSSR count). The molecule has 21 heavy (non-hydrogen) atoms. The molecule has 0 saturated heterocycles. The summed E-state index contributed by atoms with van der Waals surface area (Å²) in [7, 11) is 0. The van der Waals surface area contributed by atoms with Gasteiger partial charge in [0.05, 0.1) is 11.1 Å². The molecular formula is C13H14N4O4. The van der Waals surface area contributed by atoms with E-state index in [1.165, 1.54) is 0 Å². The molecule has 8 nitrogen and oxygen atoms in total. The molecule has 1 aromatic rings. The average molecular weight is 290 g/mol. The molecule has 0 aliphatic heterocycles. The smallest absolute Gasteiger partial charge is 0.287 e. The standard InChI is InChI=1S/C13H14N4O4/c14-6-9-5-11(17(20)21)7-16(13(9)19)8-12(18)15-10-3-1-2-4-10/h5,7,10H,1-4,8H2,(H,15,18). The summed E-state index contributed by atoms with van der Waals surface area (Å²) < 4.78 is 0.904. The Morgan fingerprint density at radius 2 is 2.19 bits per heavy atom. The Bertz CT molecular complexity index is 668. The van der Waals surface area contributed by atoms with Crippen molar-refractivity contribution in [2.75, 3.05) is 0 Å². The molecule has 0 aromatic carbocycles. The lowest BCUT2D eigenvalue weighted by Gasteiger charge is -2.12. The van der Waals surface area contributed by atoms with E-state index in [0.29, 0.717) is 0 Å². The first-order chi connectivity index (χ1) is 10.0. The fourth-order valence-electron chi connectivity index (χ4n) is 2.42. The number of aromatic nitrogens is 1. The van der Waals surface area contributed by atoms with Crippen molar-refractivity contribution < 1.29 is 9.72 Å². The molecular weight excluding hydrogens is 276 g/mol. The summed E-state index contributed by atoms with van der Waals surface area (Å²) in [6, 6.07) is 2.62. The molecule has 1 amide bonds. The summed E-state index contributed by atoms with van der Waals surface area (Å²) in [5.74, 6) is -0.381. The Hall–Kier alpha value is -2.69. The van der Waals surface area contributed by atoms with Gasteiger partial charge in [-0.25, -0.2) is 0 Å². The van der Waals surface area contributed by atoms with Crippen LogP contribution < -0.4 is 10.9 Å². The van der Waals surface area contributed by atoms with Crippen LogP contribution in [0.5, 0.6) is 0 Å². The zero-order chi connectivity index (χ0) is 15.4. The van der Waals surface area contributed by atoms with Gasteiger partial charge in [0.1, 0.15) is 18.2 Å². The molecule has 0 radical (unpaired) electrons. The molecule has 1 aliphatic carbocycles. The Balaban J connectivity index is 2.20. The minimum Gasteiger partial charge on any atom is -0.352 e. The molecule has 0 atom stereocenters. The largest absolute Gasteiger partial charge is 0.352 e. The lowest BCUT2D eigenvalue weighted by molar-refractivity contribution is -0.385. The van der Waals surface area contributed by atoms with Crippen molar-refractivity contribution in [3.05, 3.63) is 38.3 Å². The van der Waals surface area contributed by atoms with Crippen LogP contribution in [0.3, 0.4) is 0 Å². The normalized spacial score (nSPS) is 14.6. The first-order valence-corrected chi connectivity index (χ1v) is 6.59. The zero-order valence-corrected chi connectivity index (χ0v) is 11.2. The summed E-state index contributed by atoms with van der Waals surface area (Å²) in [6.07, 6.45) is 4.90. The van der Waals surface area contributed by atoms with Crippen molar-refractivity contribution in [1.82, 2.24) is 9.88 Å². The molecule has 1 saturated carbocycles. The maximum Gasteiger partial charge on any atom is 0.287 e. The first kappa shape index (κ1) is 14.7. The van der Waals surface area contributed by atoms with Crippen LogP contribution >= 0.6 is 0 Å².